The molecule has 128 valence electrons. The van der Waals surface area contributed by atoms with Crippen LogP contribution in [-0.2, 0) is 6.54 Å². The molecule has 3 rings (SSSR count). The smallest absolute Gasteiger partial charge is 0.213 e. The molecule has 1 aliphatic rings. The van der Waals surface area contributed by atoms with E-state index in [-0.39, 0.29) is 24.0 Å². The normalized spacial score (nSPS) is 14.5. The summed E-state index contributed by atoms with van der Waals surface area (Å²) in [7, 11) is 0. The molecule has 0 spiro atoms. The summed E-state index contributed by atoms with van der Waals surface area (Å²) in [4.78, 5) is 8.62. The van der Waals surface area contributed by atoms with Crippen LogP contribution in [0.3, 0.4) is 0 Å². The molecule has 0 amide bonds. The number of nitrogens with two attached hydrogens (primary N) is 1. The van der Waals surface area contributed by atoms with Crippen LogP contribution >= 0.6 is 24.0 Å². The van der Waals surface area contributed by atoms with Crippen LogP contribution in [0, 0.1) is 6.92 Å². The van der Waals surface area contributed by atoms with Crippen molar-refractivity contribution in [2.24, 2.45) is 10.7 Å². The Balaban J connectivity index is 0.00000208. The molecule has 2 aromatic rings. The lowest BCUT2D eigenvalue weighted by Gasteiger charge is -2.25. The number of hydrogen-bond acceptors (Lipinski definition) is 3. The minimum atomic E-state index is 0. The van der Waals surface area contributed by atoms with E-state index in [2.05, 4.69) is 15.3 Å². The highest BCUT2D eigenvalue weighted by atomic mass is 127. The second-order valence-corrected chi connectivity index (χ2v) is 5.87. The monoisotopic (exact) mass is 438 g/mol. The lowest BCUT2D eigenvalue weighted by Crippen LogP contribution is -2.25. The van der Waals surface area contributed by atoms with Crippen LogP contribution in [0.15, 0.2) is 47.6 Å². The van der Waals surface area contributed by atoms with Crippen LogP contribution in [0.2, 0.25) is 0 Å². The number of halogens is 1. The molecular weight excluding hydrogens is 415 g/mol. The Labute approximate surface area is 159 Å². The van der Waals surface area contributed by atoms with Gasteiger partial charge in [0.25, 0.3) is 0 Å². The number of aliphatic imine (C=N–C) groups is 1. The van der Waals surface area contributed by atoms with Crippen molar-refractivity contribution < 1.29 is 4.74 Å². The van der Waals surface area contributed by atoms with Crippen LogP contribution in [0.25, 0.3) is 0 Å². The summed E-state index contributed by atoms with van der Waals surface area (Å²) < 4.78 is 5.80. The number of aryl methyl sites for hydroxylation is 1. The number of pyridine rings is 1. The first-order valence-corrected chi connectivity index (χ1v) is 7.94. The van der Waals surface area contributed by atoms with Crippen LogP contribution in [0.4, 0.5) is 5.69 Å². The van der Waals surface area contributed by atoms with Crippen molar-refractivity contribution in [3.8, 4) is 5.88 Å². The zero-order chi connectivity index (χ0) is 16.1. The van der Waals surface area contributed by atoms with E-state index in [1.807, 2.05) is 43.3 Å². The number of hydrogen-bond donors (Lipinski definition) is 2. The van der Waals surface area contributed by atoms with Crippen molar-refractivity contribution in [2.75, 3.05) is 5.32 Å². The standard InChI is InChI=1S/C18H22N4O.HI/c1-13-4-2-5-15(10-13)22-18(19)21-12-14-8-9-20-17(11-14)23-16-6-3-7-16;/h2,4-5,8-11,16H,3,6-7,12H2,1H3,(H3,19,21,22);1H. The molecule has 0 aliphatic heterocycles. The second-order valence-electron chi connectivity index (χ2n) is 5.87. The van der Waals surface area contributed by atoms with Crippen LogP contribution < -0.4 is 15.8 Å². The summed E-state index contributed by atoms with van der Waals surface area (Å²) in [5.74, 6) is 1.07. The maximum Gasteiger partial charge on any atom is 0.213 e. The van der Waals surface area contributed by atoms with E-state index in [9.17, 15) is 0 Å². The molecule has 5 nitrogen and oxygen atoms in total. The molecule has 1 aliphatic carbocycles. The Kier molecular flexibility index (Phi) is 6.84. The van der Waals surface area contributed by atoms with E-state index < -0.39 is 0 Å². The summed E-state index contributed by atoms with van der Waals surface area (Å²) in [5, 5.41) is 3.10. The number of nitrogens with one attached hydrogen (secondary N) is 1. The molecule has 24 heavy (non-hydrogen) atoms. The van der Waals surface area contributed by atoms with Gasteiger partial charge in [-0.15, -0.1) is 24.0 Å². The molecule has 1 fully saturated rings. The Morgan fingerprint density at radius 3 is 2.88 bits per heavy atom. The van der Waals surface area contributed by atoms with Gasteiger partial charge in [-0.25, -0.2) is 9.98 Å². The summed E-state index contributed by atoms with van der Waals surface area (Å²) in [6, 6.07) is 11.9. The maximum atomic E-state index is 5.95. The van der Waals surface area contributed by atoms with E-state index in [0.717, 1.165) is 24.1 Å². The van der Waals surface area contributed by atoms with Crippen LogP contribution in [0.5, 0.6) is 5.88 Å². The molecule has 1 heterocycles. The average Bonchev–Trinajstić information content (AvgIpc) is 2.49. The molecule has 1 saturated carbocycles. The Bertz CT molecular complexity index is 701. The van der Waals surface area contributed by atoms with Gasteiger partial charge in [0.1, 0.15) is 6.10 Å². The van der Waals surface area contributed by atoms with Gasteiger partial charge < -0.3 is 15.8 Å². The van der Waals surface area contributed by atoms with Gasteiger partial charge in [0.15, 0.2) is 5.96 Å². The predicted octanol–water partition coefficient (Wildman–Crippen LogP) is 3.87. The Hall–Kier alpha value is -1.83. The fourth-order valence-electron chi connectivity index (χ4n) is 2.36. The largest absolute Gasteiger partial charge is 0.474 e. The molecule has 1 aromatic carbocycles. The van der Waals surface area contributed by atoms with Gasteiger partial charge in [-0.3, -0.25) is 0 Å². The maximum absolute atomic E-state index is 5.95. The first kappa shape index (κ1) is 18.5. The zero-order valence-electron chi connectivity index (χ0n) is 13.7. The first-order valence-electron chi connectivity index (χ1n) is 7.94. The SMILES string of the molecule is Cc1cccc(NC(N)=NCc2ccnc(OC3CCC3)c2)c1.I. The molecule has 1 aromatic heterocycles. The highest BCUT2D eigenvalue weighted by molar-refractivity contribution is 14.0. The molecule has 6 heteroatoms. The molecule has 0 bridgehead atoms. The van der Waals surface area contributed by atoms with Crippen molar-refractivity contribution >= 4 is 35.6 Å². The average molecular weight is 438 g/mol. The number of ether oxygens (including phenoxy) is 1. The third-order valence-electron chi connectivity index (χ3n) is 3.86. The third kappa shape index (κ3) is 5.36. The van der Waals surface area contributed by atoms with E-state index in [1.54, 1.807) is 6.20 Å². The molecule has 0 radical (unpaired) electrons. The van der Waals surface area contributed by atoms with Crippen LogP contribution in [-0.4, -0.2) is 17.0 Å². The summed E-state index contributed by atoms with van der Waals surface area (Å²) in [6.45, 7) is 2.54. The van der Waals surface area contributed by atoms with Crippen LogP contribution in [0.1, 0.15) is 30.4 Å². The van der Waals surface area contributed by atoms with Crippen molar-refractivity contribution in [3.05, 3.63) is 53.7 Å². The fraction of sp³-hybridized carbons (Fsp3) is 0.333. The van der Waals surface area contributed by atoms with Gasteiger partial charge in [-0.2, -0.15) is 0 Å². The van der Waals surface area contributed by atoms with Gasteiger partial charge in [-0.1, -0.05) is 12.1 Å². The van der Waals surface area contributed by atoms with Crippen molar-refractivity contribution in [1.82, 2.24) is 4.98 Å². The molecule has 0 atom stereocenters. The number of rotatable bonds is 5. The topological polar surface area (TPSA) is 72.5 Å². The summed E-state index contributed by atoms with van der Waals surface area (Å²) in [5.41, 5.74) is 9.09. The minimum absolute atomic E-state index is 0. The third-order valence-corrected chi connectivity index (χ3v) is 3.86. The highest BCUT2D eigenvalue weighted by Gasteiger charge is 2.19. The van der Waals surface area contributed by atoms with E-state index in [4.69, 9.17) is 10.5 Å². The first-order chi connectivity index (χ1) is 11.2. The molecule has 0 unspecified atom stereocenters. The van der Waals surface area contributed by atoms with Gasteiger partial charge in [0.05, 0.1) is 6.54 Å². The zero-order valence-corrected chi connectivity index (χ0v) is 16.1. The number of anilines is 1. The molecular formula is C18H23IN4O. The van der Waals surface area contributed by atoms with Crippen molar-refractivity contribution in [3.63, 3.8) is 0 Å². The number of benzene rings is 1. The number of aromatic nitrogens is 1. The quantitative estimate of drug-likeness (QED) is 0.423. The Morgan fingerprint density at radius 2 is 2.17 bits per heavy atom. The lowest BCUT2D eigenvalue weighted by molar-refractivity contribution is 0.114. The highest BCUT2D eigenvalue weighted by Crippen LogP contribution is 2.24. The Morgan fingerprint density at radius 1 is 1.33 bits per heavy atom. The summed E-state index contributed by atoms with van der Waals surface area (Å²) >= 11 is 0. The van der Waals surface area contributed by atoms with Crippen molar-refractivity contribution in [2.45, 2.75) is 38.8 Å². The second kappa shape index (κ2) is 8.86. The number of nitrogens with zero attached hydrogens (tertiary/aromatic N) is 2. The van der Waals surface area contributed by atoms with Gasteiger partial charge in [0, 0.05) is 18.0 Å². The van der Waals surface area contributed by atoms with E-state index in [0.29, 0.717) is 24.5 Å². The summed E-state index contributed by atoms with van der Waals surface area (Å²) in [6.07, 6.45) is 5.57. The predicted molar refractivity (Wildman–Crippen MR) is 108 cm³/mol. The van der Waals surface area contributed by atoms with E-state index >= 15 is 0 Å². The fourth-order valence-corrected chi connectivity index (χ4v) is 2.36. The minimum Gasteiger partial charge on any atom is -0.474 e. The van der Waals surface area contributed by atoms with E-state index in [1.165, 1.54) is 12.0 Å². The molecule has 0 saturated heterocycles. The molecule has 3 N–H and O–H groups in total. The van der Waals surface area contributed by atoms with Crippen molar-refractivity contribution in [1.29, 1.82) is 0 Å². The van der Waals surface area contributed by atoms with Gasteiger partial charge in [0.2, 0.25) is 5.88 Å². The van der Waals surface area contributed by atoms with Gasteiger partial charge >= 0.3 is 0 Å². The lowest BCUT2D eigenvalue weighted by atomic mass is 9.96. The number of guanidine groups is 1. The van der Waals surface area contributed by atoms with Gasteiger partial charge in [-0.05, 0) is 55.5 Å².